The first-order chi connectivity index (χ1) is 7.26. The highest BCUT2D eigenvalue weighted by molar-refractivity contribution is 14.1. The minimum Gasteiger partial charge on any atom is -0.454 e. The predicted octanol–water partition coefficient (Wildman–Crippen LogP) is 2.38. The lowest BCUT2D eigenvalue weighted by atomic mass is 10.0. The maximum Gasteiger partial charge on any atom is 0.164 e. The summed E-state index contributed by atoms with van der Waals surface area (Å²) in [4.78, 5) is 0. The SMILES string of the molecule is CCC(CCO)CNCc1ccc(I)o1. The molecule has 0 bridgehead atoms. The van der Waals surface area contributed by atoms with E-state index in [0.29, 0.717) is 5.92 Å². The van der Waals surface area contributed by atoms with Crippen LogP contribution in [-0.4, -0.2) is 18.3 Å². The van der Waals surface area contributed by atoms with Gasteiger partial charge in [-0.15, -0.1) is 0 Å². The summed E-state index contributed by atoms with van der Waals surface area (Å²) in [5, 5.41) is 12.2. The molecule has 0 saturated carbocycles. The fourth-order valence-corrected chi connectivity index (χ4v) is 1.94. The van der Waals surface area contributed by atoms with Crippen molar-refractivity contribution in [3.63, 3.8) is 0 Å². The first-order valence-corrected chi connectivity index (χ1v) is 6.40. The molecule has 0 aliphatic rings. The fourth-order valence-electron chi connectivity index (χ4n) is 1.48. The lowest BCUT2D eigenvalue weighted by Crippen LogP contribution is -2.22. The Balaban J connectivity index is 2.20. The molecule has 0 saturated heterocycles. The average Bonchev–Trinajstić information content (AvgIpc) is 2.63. The first-order valence-electron chi connectivity index (χ1n) is 5.32. The van der Waals surface area contributed by atoms with E-state index in [4.69, 9.17) is 9.52 Å². The quantitative estimate of drug-likeness (QED) is 0.758. The first kappa shape index (κ1) is 13.0. The molecular formula is C11H18INO2. The van der Waals surface area contributed by atoms with Crippen LogP contribution in [0, 0.1) is 9.68 Å². The molecule has 0 amide bonds. The Hall–Kier alpha value is -0.0700. The summed E-state index contributed by atoms with van der Waals surface area (Å²) in [5.74, 6) is 1.53. The van der Waals surface area contributed by atoms with Gasteiger partial charge < -0.3 is 14.8 Å². The summed E-state index contributed by atoms with van der Waals surface area (Å²) in [6, 6.07) is 3.95. The lowest BCUT2D eigenvalue weighted by molar-refractivity contribution is 0.250. The van der Waals surface area contributed by atoms with Crippen LogP contribution >= 0.6 is 22.6 Å². The van der Waals surface area contributed by atoms with Crippen LogP contribution in [0.15, 0.2) is 16.5 Å². The molecule has 1 aromatic heterocycles. The Morgan fingerprint density at radius 1 is 1.53 bits per heavy atom. The van der Waals surface area contributed by atoms with Crippen LogP contribution in [-0.2, 0) is 6.54 Å². The van der Waals surface area contributed by atoms with Crippen LogP contribution in [0.25, 0.3) is 0 Å². The van der Waals surface area contributed by atoms with E-state index in [2.05, 4.69) is 34.8 Å². The second kappa shape index (κ2) is 7.24. The Kier molecular flexibility index (Phi) is 6.28. The predicted molar refractivity (Wildman–Crippen MR) is 68.6 cm³/mol. The molecule has 2 N–H and O–H groups in total. The number of aliphatic hydroxyl groups is 1. The largest absolute Gasteiger partial charge is 0.454 e. The third-order valence-corrected chi connectivity index (χ3v) is 3.06. The number of furan rings is 1. The zero-order valence-corrected chi connectivity index (χ0v) is 11.2. The minimum absolute atomic E-state index is 0.277. The normalized spacial score (nSPS) is 13.0. The van der Waals surface area contributed by atoms with Crippen molar-refractivity contribution >= 4 is 22.6 Å². The van der Waals surface area contributed by atoms with Gasteiger partial charge in [0.1, 0.15) is 5.76 Å². The van der Waals surface area contributed by atoms with E-state index in [1.807, 2.05) is 12.1 Å². The van der Waals surface area contributed by atoms with E-state index in [1.54, 1.807) is 0 Å². The number of halogens is 1. The van der Waals surface area contributed by atoms with Gasteiger partial charge in [-0.1, -0.05) is 13.3 Å². The van der Waals surface area contributed by atoms with Crippen molar-refractivity contribution in [3.05, 3.63) is 21.7 Å². The summed E-state index contributed by atoms with van der Waals surface area (Å²) < 4.78 is 6.36. The second-order valence-electron chi connectivity index (χ2n) is 3.62. The summed E-state index contributed by atoms with van der Waals surface area (Å²) in [6.45, 7) is 4.13. The van der Waals surface area contributed by atoms with E-state index in [-0.39, 0.29) is 6.61 Å². The zero-order chi connectivity index (χ0) is 11.1. The van der Waals surface area contributed by atoms with E-state index in [9.17, 15) is 0 Å². The Morgan fingerprint density at radius 2 is 2.33 bits per heavy atom. The van der Waals surface area contributed by atoms with Crippen molar-refractivity contribution < 1.29 is 9.52 Å². The molecule has 0 aliphatic carbocycles. The van der Waals surface area contributed by atoms with Gasteiger partial charge in [-0.25, -0.2) is 0 Å². The molecule has 3 nitrogen and oxygen atoms in total. The summed E-state index contributed by atoms with van der Waals surface area (Å²) in [7, 11) is 0. The number of hydrogen-bond donors (Lipinski definition) is 2. The standard InChI is InChI=1S/C11H18INO2/c1-2-9(5-6-14)7-13-8-10-3-4-11(12)15-10/h3-4,9,13-14H,2,5-8H2,1H3. The van der Waals surface area contributed by atoms with Gasteiger partial charge in [0.15, 0.2) is 3.77 Å². The molecule has 1 aromatic rings. The van der Waals surface area contributed by atoms with Crippen LogP contribution in [0.2, 0.25) is 0 Å². The molecule has 1 rings (SSSR count). The Morgan fingerprint density at radius 3 is 2.87 bits per heavy atom. The molecule has 0 radical (unpaired) electrons. The number of rotatable bonds is 7. The fraction of sp³-hybridized carbons (Fsp3) is 0.636. The number of aliphatic hydroxyl groups excluding tert-OH is 1. The molecular weight excluding hydrogens is 305 g/mol. The van der Waals surface area contributed by atoms with Gasteiger partial charge in [-0.2, -0.15) is 0 Å². The number of nitrogens with one attached hydrogen (secondary N) is 1. The van der Waals surface area contributed by atoms with Crippen LogP contribution in [0.3, 0.4) is 0 Å². The van der Waals surface area contributed by atoms with Crippen molar-refractivity contribution in [2.45, 2.75) is 26.3 Å². The Bertz CT molecular complexity index is 275. The summed E-state index contributed by atoms with van der Waals surface area (Å²) >= 11 is 2.16. The van der Waals surface area contributed by atoms with Crippen LogP contribution in [0.1, 0.15) is 25.5 Å². The third-order valence-electron chi connectivity index (χ3n) is 2.48. The lowest BCUT2D eigenvalue weighted by Gasteiger charge is -2.13. The highest BCUT2D eigenvalue weighted by Gasteiger charge is 2.05. The van der Waals surface area contributed by atoms with Gasteiger partial charge in [-0.05, 0) is 53.6 Å². The molecule has 4 heteroatoms. The molecule has 86 valence electrons. The van der Waals surface area contributed by atoms with Crippen LogP contribution in [0.4, 0.5) is 0 Å². The monoisotopic (exact) mass is 323 g/mol. The van der Waals surface area contributed by atoms with Crippen molar-refractivity contribution in [2.75, 3.05) is 13.2 Å². The molecule has 1 atom stereocenters. The molecule has 0 aromatic carbocycles. The van der Waals surface area contributed by atoms with E-state index in [1.165, 1.54) is 0 Å². The molecule has 0 aliphatic heterocycles. The van der Waals surface area contributed by atoms with E-state index >= 15 is 0 Å². The third kappa shape index (κ3) is 4.99. The van der Waals surface area contributed by atoms with Gasteiger partial charge in [0, 0.05) is 6.61 Å². The number of hydrogen-bond acceptors (Lipinski definition) is 3. The maximum absolute atomic E-state index is 8.84. The summed E-state index contributed by atoms with van der Waals surface area (Å²) in [6.07, 6.45) is 1.97. The second-order valence-corrected chi connectivity index (χ2v) is 4.69. The van der Waals surface area contributed by atoms with Gasteiger partial charge in [0.05, 0.1) is 6.54 Å². The molecule has 1 unspecified atom stereocenters. The van der Waals surface area contributed by atoms with Crippen molar-refractivity contribution in [1.29, 1.82) is 0 Å². The smallest absolute Gasteiger partial charge is 0.164 e. The van der Waals surface area contributed by atoms with Crippen LogP contribution in [0.5, 0.6) is 0 Å². The molecule has 1 heterocycles. The Labute approximate surface area is 104 Å². The molecule has 15 heavy (non-hydrogen) atoms. The topological polar surface area (TPSA) is 45.4 Å². The van der Waals surface area contributed by atoms with Crippen molar-refractivity contribution in [2.24, 2.45) is 5.92 Å². The zero-order valence-electron chi connectivity index (χ0n) is 9.00. The van der Waals surface area contributed by atoms with Gasteiger partial charge in [0.25, 0.3) is 0 Å². The van der Waals surface area contributed by atoms with Crippen molar-refractivity contribution in [1.82, 2.24) is 5.32 Å². The summed E-state index contributed by atoms with van der Waals surface area (Å²) in [5.41, 5.74) is 0. The van der Waals surface area contributed by atoms with Crippen molar-refractivity contribution in [3.8, 4) is 0 Å². The maximum atomic E-state index is 8.84. The van der Waals surface area contributed by atoms with Crippen LogP contribution < -0.4 is 5.32 Å². The van der Waals surface area contributed by atoms with Gasteiger partial charge >= 0.3 is 0 Å². The molecule has 0 fully saturated rings. The van der Waals surface area contributed by atoms with Gasteiger partial charge in [-0.3, -0.25) is 0 Å². The van der Waals surface area contributed by atoms with Gasteiger partial charge in [0.2, 0.25) is 0 Å². The average molecular weight is 323 g/mol. The highest BCUT2D eigenvalue weighted by atomic mass is 127. The molecule has 0 spiro atoms. The van der Waals surface area contributed by atoms with E-state index in [0.717, 1.165) is 35.5 Å². The highest BCUT2D eigenvalue weighted by Crippen LogP contribution is 2.10. The van der Waals surface area contributed by atoms with E-state index < -0.39 is 0 Å². The minimum atomic E-state index is 0.277.